The molecule has 1 heterocycles. The average molecular weight is 388 g/mol. The fourth-order valence-electron chi connectivity index (χ4n) is 3.25. The smallest absolute Gasteiger partial charge is 0.328 e. The van der Waals surface area contributed by atoms with Gasteiger partial charge in [0.1, 0.15) is 6.04 Å². The van der Waals surface area contributed by atoms with Gasteiger partial charge in [-0.05, 0) is 11.5 Å². The number of esters is 1. The van der Waals surface area contributed by atoms with Gasteiger partial charge in [-0.25, -0.2) is 4.79 Å². The van der Waals surface area contributed by atoms with E-state index in [0.717, 1.165) is 39.1 Å². The van der Waals surface area contributed by atoms with E-state index in [1.807, 2.05) is 32.0 Å². The van der Waals surface area contributed by atoms with Crippen LogP contribution in [0.2, 0.25) is 0 Å². The van der Waals surface area contributed by atoms with Crippen LogP contribution in [0.1, 0.15) is 25.8 Å². The molecule has 2 atom stereocenters. The number of carbonyl (C=O) groups excluding carboxylic acids is 2. The first kappa shape index (κ1) is 22.1. The van der Waals surface area contributed by atoms with E-state index in [1.54, 1.807) is 0 Å². The van der Waals surface area contributed by atoms with Gasteiger partial charge in [-0.3, -0.25) is 14.6 Å². The Morgan fingerprint density at radius 3 is 2.39 bits per heavy atom. The molecule has 0 bridgehead atoms. The molecule has 1 aliphatic rings. The summed E-state index contributed by atoms with van der Waals surface area (Å²) < 4.78 is 4.83. The molecular formula is C22H33N3O3. The standard InChI is InChI=1S/C22H33N3O3/c1-4-18(2)21(22(27)28-3)23-20(26)17-25-15-13-24(14-16-25)12-8-11-19-9-6-5-7-10-19/h5-11,18,21H,4,12-17H2,1-3H3,(H,23,26)/b11-8+/t18-,21+/m0/s1. The SMILES string of the molecule is CC[C@H](C)[C@@H](NC(=O)CN1CCN(C/C=C/c2ccccc2)CC1)C(=O)OC. The summed E-state index contributed by atoms with van der Waals surface area (Å²) in [5.74, 6) is -0.449. The molecule has 0 aliphatic carbocycles. The number of rotatable bonds is 9. The van der Waals surface area contributed by atoms with E-state index in [-0.39, 0.29) is 17.8 Å². The Bertz CT molecular complexity index is 640. The zero-order valence-electron chi connectivity index (χ0n) is 17.3. The van der Waals surface area contributed by atoms with E-state index in [2.05, 4.69) is 39.4 Å². The number of benzene rings is 1. The number of amides is 1. The molecule has 1 saturated heterocycles. The zero-order chi connectivity index (χ0) is 20.4. The van der Waals surface area contributed by atoms with Crippen LogP contribution in [-0.2, 0) is 14.3 Å². The van der Waals surface area contributed by atoms with Crippen LogP contribution in [0.5, 0.6) is 0 Å². The second-order valence-electron chi connectivity index (χ2n) is 7.34. The van der Waals surface area contributed by atoms with Gasteiger partial charge in [0, 0.05) is 32.7 Å². The number of hydrogen-bond acceptors (Lipinski definition) is 5. The van der Waals surface area contributed by atoms with E-state index in [0.29, 0.717) is 6.54 Å². The Morgan fingerprint density at radius 2 is 1.79 bits per heavy atom. The lowest BCUT2D eigenvalue weighted by Crippen LogP contribution is -2.52. The van der Waals surface area contributed by atoms with Gasteiger partial charge < -0.3 is 10.1 Å². The number of hydrogen-bond donors (Lipinski definition) is 1. The summed E-state index contributed by atoms with van der Waals surface area (Å²) >= 11 is 0. The minimum atomic E-state index is -0.577. The topological polar surface area (TPSA) is 61.9 Å². The molecule has 1 aromatic rings. The molecule has 0 spiro atoms. The van der Waals surface area contributed by atoms with Gasteiger partial charge in [0.15, 0.2) is 0 Å². The number of nitrogens with one attached hydrogen (secondary N) is 1. The molecule has 6 nitrogen and oxygen atoms in total. The summed E-state index contributed by atoms with van der Waals surface area (Å²) in [5.41, 5.74) is 1.21. The highest BCUT2D eigenvalue weighted by molar-refractivity contribution is 5.85. The molecule has 0 radical (unpaired) electrons. The molecule has 1 N–H and O–H groups in total. The molecule has 1 amide bonds. The summed E-state index contributed by atoms with van der Waals surface area (Å²) in [6, 6.07) is 9.70. The van der Waals surface area contributed by atoms with Gasteiger partial charge in [0.25, 0.3) is 0 Å². The maximum atomic E-state index is 12.4. The molecule has 154 valence electrons. The molecule has 1 aromatic carbocycles. The molecule has 2 rings (SSSR count). The van der Waals surface area contributed by atoms with Crippen LogP contribution in [0.3, 0.4) is 0 Å². The summed E-state index contributed by atoms with van der Waals surface area (Å²) in [7, 11) is 1.36. The van der Waals surface area contributed by atoms with Crippen molar-refractivity contribution in [1.29, 1.82) is 0 Å². The first-order chi connectivity index (χ1) is 13.5. The number of ether oxygens (including phenoxy) is 1. The van der Waals surface area contributed by atoms with E-state index in [1.165, 1.54) is 12.7 Å². The molecule has 6 heteroatoms. The maximum Gasteiger partial charge on any atom is 0.328 e. The summed E-state index contributed by atoms with van der Waals surface area (Å²) in [6.45, 7) is 8.72. The predicted octanol–water partition coefficient (Wildman–Crippen LogP) is 2.02. The van der Waals surface area contributed by atoms with Gasteiger partial charge >= 0.3 is 5.97 Å². The first-order valence-electron chi connectivity index (χ1n) is 10.1. The highest BCUT2D eigenvalue weighted by Gasteiger charge is 2.27. The third-order valence-electron chi connectivity index (χ3n) is 5.29. The summed E-state index contributed by atoms with van der Waals surface area (Å²) in [4.78, 5) is 28.8. The predicted molar refractivity (Wildman–Crippen MR) is 112 cm³/mol. The van der Waals surface area contributed by atoms with E-state index < -0.39 is 6.04 Å². The fraction of sp³-hybridized carbons (Fsp3) is 0.545. The van der Waals surface area contributed by atoms with Crippen molar-refractivity contribution in [1.82, 2.24) is 15.1 Å². The van der Waals surface area contributed by atoms with E-state index in [9.17, 15) is 9.59 Å². The second kappa shape index (κ2) is 11.6. The zero-order valence-corrected chi connectivity index (χ0v) is 17.3. The van der Waals surface area contributed by atoms with Crippen molar-refractivity contribution in [2.24, 2.45) is 5.92 Å². The number of piperazine rings is 1. The van der Waals surface area contributed by atoms with Gasteiger partial charge in [0.2, 0.25) is 5.91 Å². The third kappa shape index (κ3) is 7.09. The summed E-state index contributed by atoms with van der Waals surface area (Å²) in [6.07, 6.45) is 5.13. The van der Waals surface area contributed by atoms with Crippen LogP contribution in [0.25, 0.3) is 6.08 Å². The third-order valence-corrected chi connectivity index (χ3v) is 5.29. The molecule has 1 aliphatic heterocycles. The molecule has 0 aromatic heterocycles. The monoisotopic (exact) mass is 387 g/mol. The largest absolute Gasteiger partial charge is 0.467 e. The second-order valence-corrected chi connectivity index (χ2v) is 7.34. The Morgan fingerprint density at radius 1 is 1.14 bits per heavy atom. The van der Waals surface area contributed by atoms with Crippen LogP contribution < -0.4 is 5.32 Å². The number of nitrogens with zero attached hydrogens (tertiary/aromatic N) is 2. The van der Waals surface area contributed by atoms with Crippen molar-refractivity contribution in [2.75, 3.05) is 46.4 Å². The Balaban J connectivity index is 1.73. The van der Waals surface area contributed by atoms with Crippen molar-refractivity contribution in [2.45, 2.75) is 26.3 Å². The number of carbonyl (C=O) groups is 2. The van der Waals surface area contributed by atoms with Crippen molar-refractivity contribution in [3.05, 3.63) is 42.0 Å². The van der Waals surface area contributed by atoms with Crippen LogP contribution in [0.15, 0.2) is 36.4 Å². The molecule has 1 fully saturated rings. The van der Waals surface area contributed by atoms with Crippen molar-refractivity contribution in [3.8, 4) is 0 Å². The van der Waals surface area contributed by atoms with E-state index >= 15 is 0 Å². The minimum absolute atomic E-state index is 0.0460. The van der Waals surface area contributed by atoms with Gasteiger partial charge in [-0.1, -0.05) is 62.8 Å². The minimum Gasteiger partial charge on any atom is -0.467 e. The highest BCUT2D eigenvalue weighted by Crippen LogP contribution is 2.10. The normalized spacial score (nSPS) is 18.0. The van der Waals surface area contributed by atoms with Crippen LogP contribution >= 0.6 is 0 Å². The Kier molecular flexibility index (Phi) is 9.17. The fourth-order valence-corrected chi connectivity index (χ4v) is 3.25. The number of methoxy groups -OCH3 is 1. The van der Waals surface area contributed by atoms with Crippen molar-refractivity contribution in [3.63, 3.8) is 0 Å². The van der Waals surface area contributed by atoms with Gasteiger partial charge in [0.05, 0.1) is 13.7 Å². The molecule has 0 unspecified atom stereocenters. The van der Waals surface area contributed by atoms with Crippen LogP contribution in [0, 0.1) is 5.92 Å². The summed E-state index contributed by atoms with van der Waals surface area (Å²) in [5, 5.41) is 2.85. The Hall–Kier alpha value is -2.18. The highest BCUT2D eigenvalue weighted by atomic mass is 16.5. The molecule has 28 heavy (non-hydrogen) atoms. The average Bonchev–Trinajstić information content (AvgIpc) is 2.73. The molecular weight excluding hydrogens is 354 g/mol. The van der Waals surface area contributed by atoms with Crippen molar-refractivity contribution < 1.29 is 14.3 Å². The van der Waals surface area contributed by atoms with Gasteiger partial charge in [-0.15, -0.1) is 0 Å². The van der Waals surface area contributed by atoms with Gasteiger partial charge in [-0.2, -0.15) is 0 Å². The quantitative estimate of drug-likeness (QED) is 0.657. The van der Waals surface area contributed by atoms with Crippen molar-refractivity contribution >= 4 is 18.0 Å². The maximum absolute atomic E-state index is 12.4. The molecule has 0 saturated carbocycles. The Labute approximate surface area is 168 Å². The van der Waals surface area contributed by atoms with E-state index in [4.69, 9.17) is 4.74 Å². The van der Waals surface area contributed by atoms with Crippen LogP contribution in [0.4, 0.5) is 0 Å². The lowest BCUT2D eigenvalue weighted by atomic mass is 9.99. The lowest BCUT2D eigenvalue weighted by Gasteiger charge is -2.34. The van der Waals surface area contributed by atoms with Crippen LogP contribution in [-0.4, -0.2) is 74.1 Å². The lowest BCUT2D eigenvalue weighted by molar-refractivity contribution is -0.146. The first-order valence-corrected chi connectivity index (χ1v) is 10.1.